The van der Waals surface area contributed by atoms with Crippen molar-refractivity contribution in [2.45, 2.75) is 19.1 Å². The number of para-hydroxylation sites is 1. The van der Waals surface area contributed by atoms with E-state index in [9.17, 15) is 0 Å². The van der Waals surface area contributed by atoms with Crippen LogP contribution in [0.1, 0.15) is 33.1 Å². The first-order chi connectivity index (χ1) is 17.1. The Kier molecular flexibility index (Phi) is 3.01. The monoisotopic (exact) mass is 398 g/mol. The minimum Gasteiger partial charge on any atom is -0.497 e. The molecule has 5 aromatic rings. The van der Waals surface area contributed by atoms with Crippen molar-refractivity contribution >= 4 is 21.8 Å². The van der Waals surface area contributed by atoms with Gasteiger partial charge in [0.15, 0.2) is 0 Å². The van der Waals surface area contributed by atoms with Crippen LogP contribution < -0.4 is 4.74 Å². The van der Waals surface area contributed by atoms with Crippen molar-refractivity contribution in [3.8, 4) is 11.6 Å². The van der Waals surface area contributed by atoms with Crippen molar-refractivity contribution in [3.63, 3.8) is 0 Å². The van der Waals surface area contributed by atoms with Crippen molar-refractivity contribution in [2.24, 2.45) is 0 Å². The second-order valence-electron chi connectivity index (χ2n) is 7.25. The molecule has 3 nitrogen and oxygen atoms in total. The summed E-state index contributed by atoms with van der Waals surface area (Å²) in [7, 11) is 1.59. The quantitative estimate of drug-likeness (QED) is 0.345. The summed E-state index contributed by atoms with van der Waals surface area (Å²) in [5.74, 6) is 1.08. The molecule has 0 amide bonds. The maximum atomic E-state index is 8.46. The van der Waals surface area contributed by atoms with Crippen LogP contribution in [0.15, 0.2) is 91.1 Å². The highest BCUT2D eigenvalue weighted by Gasteiger charge is 2.24. The van der Waals surface area contributed by atoms with Crippen molar-refractivity contribution < 1.29 is 13.0 Å². The van der Waals surface area contributed by atoms with E-state index in [2.05, 4.69) is 4.98 Å². The number of aromatic nitrogens is 2. The molecule has 0 fully saturated rings. The molecule has 0 aliphatic heterocycles. The molecule has 2 aromatic heterocycles. The average molecular weight is 399 g/mol. The Bertz CT molecular complexity index is 1540. The molecule has 0 atom stereocenters. The molecule has 0 N–H and O–H groups in total. The summed E-state index contributed by atoms with van der Waals surface area (Å²) in [6.07, 6.45) is 1.47. The summed E-state index contributed by atoms with van der Waals surface area (Å²) in [6.45, 7) is -5.75. The third-order valence-electron chi connectivity index (χ3n) is 5.50. The predicted octanol–water partition coefficient (Wildman–Crippen LogP) is 6.51. The molecule has 148 valence electrons. The van der Waals surface area contributed by atoms with E-state index in [4.69, 9.17) is 13.0 Å². The molecule has 0 bridgehead atoms. The summed E-state index contributed by atoms with van der Waals surface area (Å²) in [5.41, 5.74) is -0.236. The van der Waals surface area contributed by atoms with Gasteiger partial charge in [-0.25, -0.2) is 4.98 Å². The Labute approximate surface area is 185 Å². The summed E-state index contributed by atoms with van der Waals surface area (Å²) >= 11 is 0. The van der Waals surface area contributed by atoms with Crippen LogP contribution in [0.3, 0.4) is 0 Å². The van der Waals surface area contributed by atoms with E-state index < -0.39 is 19.1 Å². The number of ether oxygens (including phenoxy) is 1. The zero-order valence-electron chi connectivity index (χ0n) is 22.5. The fraction of sp³-hybridized carbons (Fsp3) is 0.148. The zero-order valence-corrected chi connectivity index (χ0v) is 16.5. The third-order valence-corrected chi connectivity index (χ3v) is 5.50. The fourth-order valence-corrected chi connectivity index (χ4v) is 3.95. The van der Waals surface area contributed by atoms with E-state index in [1.165, 1.54) is 12.3 Å². The zero-order chi connectivity index (χ0) is 25.7. The number of methoxy groups -OCH3 is 1. The van der Waals surface area contributed by atoms with Crippen LogP contribution in [-0.2, 0) is 5.41 Å². The van der Waals surface area contributed by atoms with Crippen LogP contribution in [0.5, 0.6) is 5.75 Å². The molecular weight excluding hydrogens is 368 g/mol. The lowest BCUT2D eigenvalue weighted by molar-refractivity contribution is 0.415. The largest absolute Gasteiger partial charge is 0.497 e. The first kappa shape index (κ1) is 12.9. The van der Waals surface area contributed by atoms with E-state index in [-0.39, 0.29) is 11.1 Å². The first-order valence-electron chi connectivity index (χ1n) is 12.7. The minimum absolute atomic E-state index is 0.146. The second-order valence-corrected chi connectivity index (χ2v) is 7.25. The van der Waals surface area contributed by atoms with Crippen LogP contribution in [0.2, 0.25) is 0 Å². The van der Waals surface area contributed by atoms with Gasteiger partial charge in [-0.1, -0.05) is 62.2 Å². The lowest BCUT2D eigenvalue weighted by Crippen LogP contribution is -2.19. The van der Waals surface area contributed by atoms with Crippen molar-refractivity contribution in [2.75, 3.05) is 7.11 Å². The molecule has 0 unspecified atom stereocenters. The summed E-state index contributed by atoms with van der Waals surface area (Å²) in [5, 5.41) is 1.96. The Hall–Kier alpha value is -3.59. The smallest absolute Gasteiger partial charge is 0.137 e. The molecule has 3 aromatic carbocycles. The Morgan fingerprint density at radius 2 is 1.57 bits per heavy atom. The Morgan fingerprint density at radius 3 is 2.37 bits per heavy atom. The molecular formula is C27H24N2O. The topological polar surface area (TPSA) is 27.1 Å². The molecule has 0 saturated carbocycles. The molecule has 0 radical (unpaired) electrons. The van der Waals surface area contributed by atoms with Crippen molar-refractivity contribution in [1.29, 1.82) is 0 Å². The highest BCUT2D eigenvalue weighted by atomic mass is 16.5. The first-order valence-corrected chi connectivity index (χ1v) is 9.69. The third kappa shape index (κ3) is 2.86. The van der Waals surface area contributed by atoms with Gasteiger partial charge in [-0.2, -0.15) is 0 Å². The van der Waals surface area contributed by atoms with Crippen LogP contribution in [-0.4, -0.2) is 16.7 Å². The van der Waals surface area contributed by atoms with Crippen LogP contribution in [0, 0.1) is 0 Å². The summed E-state index contributed by atoms with van der Waals surface area (Å²) in [6, 6.07) is 24.8. The van der Waals surface area contributed by atoms with Gasteiger partial charge in [-0.15, -0.1) is 0 Å². The maximum absolute atomic E-state index is 8.46. The fourth-order valence-electron chi connectivity index (χ4n) is 3.95. The van der Waals surface area contributed by atoms with Gasteiger partial charge in [0, 0.05) is 36.7 Å². The van der Waals surface area contributed by atoms with E-state index in [0.717, 1.165) is 21.8 Å². The minimum atomic E-state index is -2.87. The predicted molar refractivity (Wildman–Crippen MR) is 124 cm³/mol. The Balaban J connectivity index is 1.86. The van der Waals surface area contributed by atoms with Gasteiger partial charge in [0.2, 0.25) is 0 Å². The molecule has 0 spiro atoms. The summed E-state index contributed by atoms with van der Waals surface area (Å²) < 4.78 is 58.1. The normalized spacial score (nSPS) is 15.6. The van der Waals surface area contributed by atoms with Crippen LogP contribution in [0.25, 0.3) is 27.6 Å². The number of benzene rings is 3. The highest BCUT2D eigenvalue weighted by Crippen LogP contribution is 2.36. The van der Waals surface area contributed by atoms with Crippen LogP contribution in [0.4, 0.5) is 0 Å². The van der Waals surface area contributed by atoms with Crippen LogP contribution >= 0.6 is 0 Å². The van der Waals surface area contributed by atoms with Crippen molar-refractivity contribution in [1.82, 2.24) is 9.55 Å². The van der Waals surface area contributed by atoms with Gasteiger partial charge in [0.05, 0.1) is 18.1 Å². The van der Waals surface area contributed by atoms with Gasteiger partial charge in [0.1, 0.15) is 11.6 Å². The molecule has 0 aliphatic rings. The lowest BCUT2D eigenvalue weighted by Gasteiger charge is -2.26. The van der Waals surface area contributed by atoms with E-state index in [0.29, 0.717) is 11.6 Å². The summed E-state index contributed by atoms with van der Waals surface area (Å²) in [4.78, 5) is 4.56. The van der Waals surface area contributed by atoms with E-state index in [1.807, 2.05) is 47.0 Å². The average Bonchev–Trinajstić information content (AvgIpc) is 3.17. The number of nitrogens with zero attached hydrogens (tertiary/aromatic N) is 2. The van der Waals surface area contributed by atoms with Gasteiger partial charge in [-0.3, -0.25) is 4.57 Å². The van der Waals surface area contributed by atoms with Gasteiger partial charge < -0.3 is 4.74 Å². The number of fused-ring (bicyclic) bond motifs is 3. The number of hydrogen-bond donors (Lipinski definition) is 0. The van der Waals surface area contributed by atoms with Gasteiger partial charge in [0.25, 0.3) is 0 Å². The second kappa shape index (κ2) is 7.03. The highest BCUT2D eigenvalue weighted by molar-refractivity contribution is 6.09. The Morgan fingerprint density at radius 1 is 0.800 bits per heavy atom. The molecule has 2 heterocycles. The van der Waals surface area contributed by atoms with E-state index >= 15 is 0 Å². The molecule has 5 rings (SSSR count). The maximum Gasteiger partial charge on any atom is 0.137 e. The van der Waals surface area contributed by atoms with E-state index in [1.54, 1.807) is 43.5 Å². The van der Waals surface area contributed by atoms with Crippen molar-refractivity contribution in [3.05, 3.63) is 102 Å². The molecule has 3 heteroatoms. The standard InChI is InChI=1S/C27H24N2O/c1-27(2,19-9-5-4-6-10-19)20-15-16-28-26(17-20)29-24-12-8-7-11-22(24)23-14-13-21(30-3)18-25(23)29/h4-18H,1-3H3/i1D3,2D3. The number of rotatable bonds is 4. The SMILES string of the molecule is [2H]C([2H])([2H])C(c1ccccc1)(c1ccnc(-n2c3ccccc3c3ccc(OC)cc32)c1)C([2H])([2H])[2H]. The number of hydrogen-bond acceptors (Lipinski definition) is 2. The number of pyridine rings is 1. The lowest BCUT2D eigenvalue weighted by atomic mass is 9.78. The van der Waals surface area contributed by atoms with Gasteiger partial charge >= 0.3 is 0 Å². The molecule has 0 saturated heterocycles. The molecule has 30 heavy (non-hydrogen) atoms. The van der Waals surface area contributed by atoms with Gasteiger partial charge in [-0.05, 0) is 41.5 Å². The molecule has 0 aliphatic carbocycles.